The van der Waals surface area contributed by atoms with Crippen molar-refractivity contribution in [3.05, 3.63) is 53.1 Å². The molecule has 0 aliphatic heterocycles. The largest absolute Gasteiger partial charge is 0.497 e. The first-order chi connectivity index (χ1) is 12.5. The number of rotatable bonds is 9. The zero-order valence-electron chi connectivity index (χ0n) is 15.9. The Morgan fingerprint density at radius 2 is 1.65 bits per heavy atom. The van der Waals surface area contributed by atoms with Crippen LogP contribution in [0.4, 0.5) is 0 Å². The maximum Gasteiger partial charge on any atom is 0.216 e. The first-order valence-corrected chi connectivity index (χ1v) is 9.54. The smallest absolute Gasteiger partial charge is 0.216 e. The number of hydrogen-bond acceptors (Lipinski definition) is 5. The summed E-state index contributed by atoms with van der Waals surface area (Å²) in [6, 6.07) is 11.2. The van der Waals surface area contributed by atoms with Gasteiger partial charge < -0.3 is 18.7 Å². The second-order valence-electron chi connectivity index (χ2n) is 5.73. The molecule has 26 heavy (non-hydrogen) atoms. The zero-order valence-corrected chi connectivity index (χ0v) is 16.8. The van der Waals surface area contributed by atoms with Crippen LogP contribution in [0.3, 0.4) is 0 Å². The van der Waals surface area contributed by atoms with Crippen molar-refractivity contribution in [1.82, 2.24) is 0 Å². The summed E-state index contributed by atoms with van der Waals surface area (Å²) in [5.41, 5.74) is 2.54. The summed E-state index contributed by atoms with van der Waals surface area (Å²) in [5, 5.41) is 0.729. The number of carbonyl (C=O) groups excluding carboxylic acids is 1. The molecular weight excluding hydrogens is 351 g/mol. The van der Waals surface area contributed by atoms with Crippen molar-refractivity contribution >= 4 is 19.0 Å². The topological polar surface area (TPSA) is 54.0 Å². The van der Waals surface area contributed by atoms with E-state index in [1.165, 1.54) is 0 Å². The molecule has 0 saturated carbocycles. The monoisotopic (exact) mass is 376 g/mol. The fourth-order valence-corrected chi connectivity index (χ4v) is 4.51. The van der Waals surface area contributed by atoms with Crippen LogP contribution in [-0.4, -0.2) is 40.1 Å². The zero-order chi connectivity index (χ0) is 19.1. The van der Waals surface area contributed by atoms with Gasteiger partial charge in [0.05, 0.1) is 32.7 Å². The summed E-state index contributed by atoms with van der Waals surface area (Å²) in [5.74, 6) is 1.24. The lowest BCUT2D eigenvalue weighted by atomic mass is 10.0. The fourth-order valence-electron chi connectivity index (χ4n) is 2.66. The maximum absolute atomic E-state index is 13.4. The highest BCUT2D eigenvalue weighted by atomic mass is 31.1. The molecule has 0 heterocycles. The Kier molecular flexibility index (Phi) is 7.58. The number of hydrogen-bond donors (Lipinski definition) is 0. The molecule has 0 aromatic heterocycles. The molecule has 5 nitrogen and oxygen atoms in total. The van der Waals surface area contributed by atoms with Crippen molar-refractivity contribution in [2.24, 2.45) is 0 Å². The number of benzene rings is 2. The molecule has 0 spiro atoms. The van der Waals surface area contributed by atoms with E-state index in [2.05, 4.69) is 0 Å². The van der Waals surface area contributed by atoms with Crippen LogP contribution in [-0.2, 0) is 9.26 Å². The third-order valence-corrected chi connectivity index (χ3v) is 5.83. The standard InChI is InChI=1S/C20H25O5P/c1-14-7-6-8-15(2)19(14)20(21)26(25-12-11-22-3)18-10-9-16(23-4)13-17(18)24-5/h6-10,13H,11-12H2,1-5H3. The fraction of sp³-hybridized carbons (Fsp3) is 0.350. The van der Waals surface area contributed by atoms with Crippen LogP contribution in [0.2, 0.25) is 0 Å². The third kappa shape index (κ3) is 4.61. The second-order valence-corrected chi connectivity index (χ2v) is 7.47. The van der Waals surface area contributed by atoms with Crippen LogP contribution in [0.25, 0.3) is 0 Å². The first kappa shape index (κ1) is 20.4. The molecule has 1 unspecified atom stereocenters. The quantitative estimate of drug-likeness (QED) is 0.492. The highest BCUT2D eigenvalue weighted by Crippen LogP contribution is 2.44. The summed E-state index contributed by atoms with van der Waals surface area (Å²) in [6.07, 6.45) is 0. The third-order valence-electron chi connectivity index (χ3n) is 3.99. The molecule has 2 aromatic rings. The Balaban J connectivity index is 2.48. The lowest BCUT2D eigenvalue weighted by Crippen LogP contribution is -2.17. The minimum atomic E-state index is -1.58. The van der Waals surface area contributed by atoms with Gasteiger partial charge in [0.25, 0.3) is 0 Å². The molecule has 6 heteroatoms. The SMILES string of the molecule is COCCOP(C(=O)c1c(C)cccc1C)c1ccc(OC)cc1OC. The van der Waals surface area contributed by atoms with E-state index in [9.17, 15) is 4.79 Å². The molecule has 0 N–H and O–H groups in total. The molecule has 1 atom stereocenters. The van der Waals surface area contributed by atoms with Gasteiger partial charge >= 0.3 is 0 Å². The van der Waals surface area contributed by atoms with Crippen LogP contribution in [0.15, 0.2) is 36.4 Å². The van der Waals surface area contributed by atoms with Gasteiger partial charge in [-0.15, -0.1) is 0 Å². The maximum atomic E-state index is 13.4. The van der Waals surface area contributed by atoms with Gasteiger partial charge in [0.1, 0.15) is 19.6 Å². The number of methoxy groups -OCH3 is 3. The number of carbonyl (C=O) groups is 1. The molecule has 0 fully saturated rings. The summed E-state index contributed by atoms with van der Waals surface area (Å²) >= 11 is 0. The van der Waals surface area contributed by atoms with E-state index < -0.39 is 8.15 Å². The summed E-state index contributed by atoms with van der Waals surface area (Å²) in [6.45, 7) is 4.62. The highest BCUT2D eigenvalue weighted by Gasteiger charge is 2.29. The minimum Gasteiger partial charge on any atom is -0.497 e. The first-order valence-electron chi connectivity index (χ1n) is 8.28. The lowest BCUT2D eigenvalue weighted by Gasteiger charge is -2.21. The average Bonchev–Trinajstić information content (AvgIpc) is 2.64. The van der Waals surface area contributed by atoms with Gasteiger partial charge in [-0.25, -0.2) is 0 Å². The van der Waals surface area contributed by atoms with Crippen LogP contribution in [0, 0.1) is 13.8 Å². The van der Waals surface area contributed by atoms with Crippen LogP contribution < -0.4 is 14.8 Å². The molecule has 2 rings (SSSR count). The van der Waals surface area contributed by atoms with E-state index in [1.807, 2.05) is 44.2 Å². The summed E-state index contributed by atoms with van der Waals surface area (Å²) in [4.78, 5) is 13.4. The predicted molar refractivity (Wildman–Crippen MR) is 104 cm³/mol. The van der Waals surface area contributed by atoms with E-state index >= 15 is 0 Å². The predicted octanol–water partition coefficient (Wildman–Crippen LogP) is 3.85. The van der Waals surface area contributed by atoms with Gasteiger partial charge in [0, 0.05) is 18.7 Å². The van der Waals surface area contributed by atoms with Gasteiger partial charge in [0.2, 0.25) is 5.52 Å². The molecule has 0 radical (unpaired) electrons. The highest BCUT2D eigenvalue weighted by molar-refractivity contribution is 7.78. The number of aryl methyl sites for hydroxylation is 2. The van der Waals surface area contributed by atoms with Crippen molar-refractivity contribution in [3.8, 4) is 11.5 Å². The molecule has 0 bridgehead atoms. The van der Waals surface area contributed by atoms with Crippen molar-refractivity contribution in [3.63, 3.8) is 0 Å². The van der Waals surface area contributed by atoms with E-state index in [1.54, 1.807) is 27.4 Å². The molecule has 0 amide bonds. The van der Waals surface area contributed by atoms with Gasteiger partial charge in [-0.2, -0.15) is 0 Å². The van der Waals surface area contributed by atoms with E-state index in [-0.39, 0.29) is 5.52 Å². The van der Waals surface area contributed by atoms with Crippen LogP contribution >= 0.6 is 8.15 Å². The molecule has 0 aliphatic rings. The van der Waals surface area contributed by atoms with Gasteiger partial charge in [-0.1, -0.05) is 18.2 Å². The Labute approximate surface area is 156 Å². The molecule has 0 aliphatic carbocycles. The van der Waals surface area contributed by atoms with Crippen LogP contribution in [0.5, 0.6) is 11.5 Å². The van der Waals surface area contributed by atoms with Crippen molar-refractivity contribution in [2.45, 2.75) is 13.8 Å². The molecule has 140 valence electrons. The van der Waals surface area contributed by atoms with Crippen molar-refractivity contribution in [2.75, 3.05) is 34.5 Å². The van der Waals surface area contributed by atoms with Gasteiger partial charge in [0.15, 0.2) is 0 Å². The van der Waals surface area contributed by atoms with Crippen molar-refractivity contribution in [1.29, 1.82) is 0 Å². The van der Waals surface area contributed by atoms with Crippen molar-refractivity contribution < 1.29 is 23.5 Å². The van der Waals surface area contributed by atoms with Gasteiger partial charge in [-0.05, 0) is 37.1 Å². The molecule has 0 saturated heterocycles. The Bertz CT molecular complexity index is 740. The Morgan fingerprint density at radius 1 is 0.962 bits per heavy atom. The molecule has 2 aromatic carbocycles. The summed E-state index contributed by atoms with van der Waals surface area (Å²) < 4.78 is 21.8. The normalized spacial score (nSPS) is 11.9. The minimum absolute atomic E-state index is 0.0323. The Hall–Kier alpha value is -1.94. The average molecular weight is 376 g/mol. The van der Waals surface area contributed by atoms with E-state index in [0.717, 1.165) is 16.4 Å². The second kappa shape index (κ2) is 9.67. The van der Waals surface area contributed by atoms with E-state index in [4.69, 9.17) is 18.7 Å². The summed E-state index contributed by atoms with van der Waals surface area (Å²) in [7, 11) is 3.19. The van der Waals surface area contributed by atoms with Gasteiger partial charge in [-0.3, -0.25) is 4.79 Å². The van der Waals surface area contributed by atoms with Crippen LogP contribution in [0.1, 0.15) is 21.5 Å². The number of ether oxygens (including phenoxy) is 3. The lowest BCUT2D eigenvalue weighted by molar-refractivity contribution is 0.105. The van der Waals surface area contributed by atoms with E-state index in [0.29, 0.717) is 30.3 Å². The molecular formula is C20H25O5P. The Morgan fingerprint density at radius 3 is 2.23 bits per heavy atom.